The molecule has 0 saturated carbocycles. The van der Waals surface area contributed by atoms with Crippen LogP contribution in [0.2, 0.25) is 0 Å². The van der Waals surface area contributed by atoms with Gasteiger partial charge in [-0.2, -0.15) is 9.49 Å². The highest BCUT2D eigenvalue weighted by Gasteiger charge is 2.20. The minimum absolute atomic E-state index is 0.0682. The molecule has 1 aromatic carbocycles. The Labute approximate surface area is 111 Å². The number of nitrogens with two attached hydrogens (primary N) is 1. The van der Waals surface area contributed by atoms with E-state index in [1.807, 2.05) is 0 Å². The van der Waals surface area contributed by atoms with Crippen molar-refractivity contribution in [1.82, 2.24) is 10.2 Å². The first kappa shape index (κ1) is 12.7. The van der Waals surface area contributed by atoms with Gasteiger partial charge in [-0.15, -0.1) is 0 Å². The summed E-state index contributed by atoms with van der Waals surface area (Å²) in [6.07, 6.45) is 0. The highest BCUT2D eigenvalue weighted by molar-refractivity contribution is 9.10. The fourth-order valence-electron chi connectivity index (χ4n) is 1.65. The minimum atomic E-state index is -0.586. The largest absolute Gasteiger partial charge is 0.493 e. The lowest BCUT2D eigenvalue weighted by molar-refractivity contribution is 0.350. The van der Waals surface area contributed by atoms with E-state index in [1.54, 1.807) is 12.1 Å². The number of halogens is 2. The number of nitrogen functional groups attached to an aromatic ring is 1. The van der Waals surface area contributed by atoms with E-state index in [9.17, 15) is 4.39 Å². The topological polar surface area (TPSA) is 73.2 Å². The number of nitrogens with one attached hydrogen (secondary N) is 1. The third-order valence-corrected chi connectivity index (χ3v) is 3.02. The predicted octanol–water partition coefficient (Wildman–Crippen LogP) is 2.58. The number of aromatic nitrogens is 2. The molecule has 7 heteroatoms. The molecule has 1 aromatic heterocycles. The third-order valence-electron chi connectivity index (χ3n) is 2.43. The van der Waals surface area contributed by atoms with Crippen LogP contribution in [0.15, 0.2) is 16.6 Å². The monoisotopic (exact) mass is 315 g/mol. The summed E-state index contributed by atoms with van der Waals surface area (Å²) in [7, 11) is 2.77. The van der Waals surface area contributed by atoms with Crippen molar-refractivity contribution < 1.29 is 13.9 Å². The van der Waals surface area contributed by atoms with E-state index >= 15 is 0 Å². The number of methoxy groups -OCH3 is 2. The van der Waals surface area contributed by atoms with E-state index in [0.717, 1.165) is 0 Å². The number of H-pyrrole nitrogens is 1. The Balaban J connectivity index is 2.68. The summed E-state index contributed by atoms with van der Waals surface area (Å²) in [5.74, 6) is -0.112. The number of hydrogen-bond acceptors (Lipinski definition) is 4. The molecule has 0 fully saturated rings. The molecule has 18 heavy (non-hydrogen) atoms. The quantitative estimate of drug-likeness (QED) is 0.913. The van der Waals surface area contributed by atoms with Gasteiger partial charge in [0.2, 0.25) is 5.82 Å². The van der Waals surface area contributed by atoms with Crippen molar-refractivity contribution >= 4 is 21.7 Å². The molecule has 1 heterocycles. The molecule has 96 valence electrons. The number of benzene rings is 1. The number of anilines is 1. The lowest BCUT2D eigenvalue weighted by Crippen LogP contribution is -1.97. The summed E-state index contributed by atoms with van der Waals surface area (Å²) >= 11 is 3.24. The Kier molecular flexibility index (Phi) is 3.42. The molecule has 0 spiro atoms. The van der Waals surface area contributed by atoms with Crippen molar-refractivity contribution in [2.24, 2.45) is 0 Å². The SMILES string of the molecule is COc1c(Br)cc(-c2cc(N)n[nH]2)c(OC)c1F. The molecule has 0 radical (unpaired) electrons. The van der Waals surface area contributed by atoms with E-state index in [2.05, 4.69) is 26.1 Å². The fraction of sp³-hybridized carbons (Fsp3) is 0.182. The van der Waals surface area contributed by atoms with Crippen molar-refractivity contribution in [3.05, 3.63) is 22.4 Å². The Bertz CT molecular complexity index is 586. The van der Waals surface area contributed by atoms with Gasteiger partial charge in [0.15, 0.2) is 11.5 Å². The Morgan fingerprint density at radius 2 is 1.94 bits per heavy atom. The predicted molar refractivity (Wildman–Crippen MR) is 69.2 cm³/mol. The second kappa shape index (κ2) is 4.85. The average molecular weight is 316 g/mol. The zero-order valence-corrected chi connectivity index (χ0v) is 11.3. The molecule has 0 unspecified atom stereocenters. The normalized spacial score (nSPS) is 10.4. The van der Waals surface area contributed by atoms with Crippen molar-refractivity contribution in [2.75, 3.05) is 20.0 Å². The number of ether oxygens (including phenoxy) is 2. The Morgan fingerprint density at radius 3 is 2.44 bits per heavy atom. The minimum Gasteiger partial charge on any atom is -0.493 e. The first-order valence-corrected chi connectivity index (χ1v) is 5.79. The van der Waals surface area contributed by atoms with Crippen molar-refractivity contribution in [3.8, 4) is 22.8 Å². The van der Waals surface area contributed by atoms with Gasteiger partial charge in [0.05, 0.1) is 24.4 Å². The number of nitrogens with zero attached hydrogens (tertiary/aromatic N) is 1. The summed E-state index contributed by atoms with van der Waals surface area (Å²) in [4.78, 5) is 0. The van der Waals surface area contributed by atoms with Crippen LogP contribution in [-0.4, -0.2) is 24.4 Å². The van der Waals surface area contributed by atoms with E-state index in [4.69, 9.17) is 15.2 Å². The molecule has 0 aliphatic carbocycles. The van der Waals surface area contributed by atoms with Crippen LogP contribution >= 0.6 is 15.9 Å². The van der Waals surface area contributed by atoms with Gasteiger partial charge in [-0.25, -0.2) is 0 Å². The van der Waals surface area contributed by atoms with E-state index in [1.165, 1.54) is 14.2 Å². The average Bonchev–Trinajstić information content (AvgIpc) is 2.75. The summed E-state index contributed by atoms with van der Waals surface area (Å²) in [6, 6.07) is 3.27. The maximum atomic E-state index is 14.1. The van der Waals surface area contributed by atoms with Gasteiger partial charge in [-0.05, 0) is 22.0 Å². The second-order valence-electron chi connectivity index (χ2n) is 3.49. The smallest absolute Gasteiger partial charge is 0.208 e. The van der Waals surface area contributed by atoms with Crippen LogP contribution in [0.4, 0.5) is 10.2 Å². The number of rotatable bonds is 3. The van der Waals surface area contributed by atoms with Crippen LogP contribution in [0.3, 0.4) is 0 Å². The van der Waals surface area contributed by atoms with Gasteiger partial charge in [0, 0.05) is 11.6 Å². The van der Waals surface area contributed by atoms with Crippen LogP contribution < -0.4 is 15.2 Å². The molecule has 2 rings (SSSR count). The highest BCUT2D eigenvalue weighted by atomic mass is 79.9. The number of aromatic amines is 1. The van der Waals surface area contributed by atoms with Gasteiger partial charge in [-0.3, -0.25) is 5.10 Å². The lowest BCUT2D eigenvalue weighted by atomic mass is 10.1. The van der Waals surface area contributed by atoms with Gasteiger partial charge in [0.1, 0.15) is 5.82 Å². The Hall–Kier alpha value is -1.76. The summed E-state index contributed by atoms with van der Waals surface area (Å²) < 4.78 is 24.7. The third kappa shape index (κ3) is 2.01. The molecule has 0 saturated heterocycles. The van der Waals surface area contributed by atoms with E-state index in [-0.39, 0.29) is 11.5 Å². The molecule has 0 bridgehead atoms. The number of hydrogen-bond donors (Lipinski definition) is 2. The van der Waals surface area contributed by atoms with E-state index < -0.39 is 5.82 Å². The van der Waals surface area contributed by atoms with Crippen LogP contribution in [-0.2, 0) is 0 Å². The van der Waals surface area contributed by atoms with Crippen LogP contribution in [0.1, 0.15) is 0 Å². The fourth-order valence-corrected chi connectivity index (χ4v) is 2.21. The summed E-state index contributed by atoms with van der Waals surface area (Å²) in [5.41, 5.74) is 6.59. The van der Waals surface area contributed by atoms with Crippen LogP contribution in [0.25, 0.3) is 11.3 Å². The maximum absolute atomic E-state index is 14.1. The molecular weight excluding hydrogens is 305 g/mol. The van der Waals surface area contributed by atoms with Gasteiger partial charge < -0.3 is 15.2 Å². The molecule has 0 atom stereocenters. The van der Waals surface area contributed by atoms with Crippen LogP contribution in [0.5, 0.6) is 11.5 Å². The molecule has 2 aromatic rings. The second-order valence-corrected chi connectivity index (χ2v) is 4.35. The molecule has 0 aliphatic rings. The zero-order valence-electron chi connectivity index (χ0n) is 9.75. The van der Waals surface area contributed by atoms with Gasteiger partial charge >= 0.3 is 0 Å². The van der Waals surface area contributed by atoms with Crippen molar-refractivity contribution in [3.63, 3.8) is 0 Å². The van der Waals surface area contributed by atoms with Gasteiger partial charge in [0.25, 0.3) is 0 Å². The van der Waals surface area contributed by atoms with Crippen molar-refractivity contribution in [2.45, 2.75) is 0 Å². The van der Waals surface area contributed by atoms with Crippen LogP contribution in [0, 0.1) is 5.82 Å². The van der Waals surface area contributed by atoms with Gasteiger partial charge in [-0.1, -0.05) is 0 Å². The standard InChI is InChI=1S/C11H11BrFN3O2/c1-17-10-5(7-4-8(14)16-15-7)3-6(12)11(18-2)9(10)13/h3-4H,1-2H3,(H3,14,15,16). The first-order chi connectivity index (χ1) is 8.58. The maximum Gasteiger partial charge on any atom is 0.208 e. The molecule has 3 N–H and O–H groups in total. The molecule has 0 aliphatic heterocycles. The Morgan fingerprint density at radius 1 is 1.28 bits per heavy atom. The first-order valence-electron chi connectivity index (χ1n) is 4.99. The molecule has 5 nitrogen and oxygen atoms in total. The zero-order chi connectivity index (χ0) is 13.3. The van der Waals surface area contributed by atoms with Crippen molar-refractivity contribution in [1.29, 1.82) is 0 Å². The summed E-state index contributed by atoms with van der Waals surface area (Å²) in [6.45, 7) is 0. The van der Waals surface area contributed by atoms with E-state index in [0.29, 0.717) is 21.5 Å². The highest BCUT2D eigenvalue weighted by Crippen LogP contribution is 2.41. The molecule has 0 amide bonds. The summed E-state index contributed by atoms with van der Waals surface area (Å²) in [5, 5.41) is 6.50. The lowest BCUT2D eigenvalue weighted by Gasteiger charge is -2.12. The molecular formula is C11H11BrFN3O2.